The first-order chi connectivity index (χ1) is 12.9. The van der Waals surface area contributed by atoms with Gasteiger partial charge >= 0.3 is 0 Å². The standard InChI is InChI=1S/C22H13N3S/c1-2-6-16-15(5-1)13-23-24-22(16)25-19-8-4-3-7-17(19)18-12-21-14(9-10-26-21)11-20(18)25/h1-13H. The van der Waals surface area contributed by atoms with E-state index in [2.05, 4.69) is 80.8 Å². The third-order valence-corrected chi connectivity index (χ3v) is 5.89. The fraction of sp³-hybridized carbons (Fsp3) is 0. The second-order valence-electron chi connectivity index (χ2n) is 6.44. The van der Waals surface area contributed by atoms with Crippen LogP contribution < -0.4 is 0 Å². The summed E-state index contributed by atoms with van der Waals surface area (Å²) in [4.78, 5) is 0. The number of nitrogens with zero attached hydrogens (tertiary/aromatic N) is 3. The van der Waals surface area contributed by atoms with Gasteiger partial charge < -0.3 is 0 Å². The minimum atomic E-state index is 0.879. The molecule has 0 unspecified atom stereocenters. The number of hydrogen-bond donors (Lipinski definition) is 0. The van der Waals surface area contributed by atoms with Crippen molar-refractivity contribution in [3.05, 3.63) is 78.3 Å². The van der Waals surface area contributed by atoms with Crippen molar-refractivity contribution in [3.63, 3.8) is 0 Å². The summed E-state index contributed by atoms with van der Waals surface area (Å²) in [7, 11) is 0. The van der Waals surface area contributed by atoms with Gasteiger partial charge in [-0.1, -0.05) is 42.5 Å². The van der Waals surface area contributed by atoms with Crippen molar-refractivity contribution < 1.29 is 0 Å². The summed E-state index contributed by atoms with van der Waals surface area (Å²) < 4.78 is 3.56. The van der Waals surface area contributed by atoms with Gasteiger partial charge in [-0.25, -0.2) is 0 Å². The van der Waals surface area contributed by atoms with Crippen LogP contribution in [0.5, 0.6) is 0 Å². The molecule has 0 atom stereocenters. The first-order valence-electron chi connectivity index (χ1n) is 8.51. The normalized spacial score (nSPS) is 11.8. The second kappa shape index (κ2) is 5.13. The van der Waals surface area contributed by atoms with Crippen molar-refractivity contribution >= 4 is 54.0 Å². The summed E-state index contributed by atoms with van der Waals surface area (Å²) in [5.74, 6) is 0.879. The highest BCUT2D eigenvalue weighted by molar-refractivity contribution is 7.17. The molecule has 0 radical (unpaired) electrons. The molecular formula is C22H13N3S. The molecule has 0 bridgehead atoms. The van der Waals surface area contributed by atoms with Crippen LogP contribution in [-0.2, 0) is 0 Å². The van der Waals surface area contributed by atoms with Gasteiger partial charge in [0, 0.05) is 26.2 Å². The Kier molecular flexibility index (Phi) is 2.76. The van der Waals surface area contributed by atoms with Crippen LogP contribution in [0.15, 0.2) is 78.3 Å². The fourth-order valence-electron chi connectivity index (χ4n) is 3.83. The van der Waals surface area contributed by atoms with Crippen LogP contribution in [0.3, 0.4) is 0 Å². The lowest BCUT2D eigenvalue weighted by Gasteiger charge is -2.09. The molecule has 0 aliphatic carbocycles. The van der Waals surface area contributed by atoms with E-state index in [1.165, 1.54) is 26.4 Å². The molecule has 3 heterocycles. The molecule has 0 N–H and O–H groups in total. The van der Waals surface area contributed by atoms with Crippen LogP contribution in [0.25, 0.3) is 48.5 Å². The largest absolute Gasteiger partial charge is 0.292 e. The number of rotatable bonds is 1. The van der Waals surface area contributed by atoms with E-state index in [0.717, 1.165) is 22.1 Å². The van der Waals surface area contributed by atoms with Crippen molar-refractivity contribution in [3.8, 4) is 5.82 Å². The van der Waals surface area contributed by atoms with E-state index < -0.39 is 0 Å². The Morgan fingerprint density at radius 1 is 0.731 bits per heavy atom. The molecule has 0 saturated heterocycles. The number of fused-ring (bicyclic) bond motifs is 5. The van der Waals surface area contributed by atoms with E-state index in [9.17, 15) is 0 Å². The fourth-order valence-corrected chi connectivity index (χ4v) is 4.64. The predicted octanol–water partition coefficient (Wildman–Crippen LogP) is 5.94. The van der Waals surface area contributed by atoms with E-state index in [1.54, 1.807) is 11.3 Å². The van der Waals surface area contributed by atoms with E-state index in [4.69, 9.17) is 0 Å². The lowest BCUT2D eigenvalue weighted by atomic mass is 10.1. The molecule has 3 nitrogen and oxygen atoms in total. The Morgan fingerprint density at radius 3 is 2.54 bits per heavy atom. The molecule has 0 spiro atoms. The average molecular weight is 351 g/mol. The molecule has 0 aliphatic heterocycles. The molecular weight excluding hydrogens is 338 g/mol. The van der Waals surface area contributed by atoms with E-state index in [0.29, 0.717) is 0 Å². The molecule has 6 aromatic rings. The zero-order valence-electron chi connectivity index (χ0n) is 13.8. The van der Waals surface area contributed by atoms with Gasteiger partial charge in [0.05, 0.1) is 17.2 Å². The SMILES string of the molecule is c1ccc2c(-n3c4ccccc4c4cc5sccc5cc43)nncc2c1. The van der Waals surface area contributed by atoms with Crippen LogP contribution >= 0.6 is 11.3 Å². The summed E-state index contributed by atoms with van der Waals surface area (Å²) in [5, 5.41) is 16.9. The summed E-state index contributed by atoms with van der Waals surface area (Å²) in [6, 6.07) is 23.6. The number of aromatic nitrogens is 3. The average Bonchev–Trinajstić information content (AvgIpc) is 3.27. The Labute approximate surface area is 153 Å². The van der Waals surface area contributed by atoms with Gasteiger partial charge in [-0.05, 0) is 35.0 Å². The highest BCUT2D eigenvalue weighted by atomic mass is 32.1. The molecule has 3 aromatic heterocycles. The van der Waals surface area contributed by atoms with E-state index in [-0.39, 0.29) is 0 Å². The molecule has 6 rings (SSSR count). The molecule has 4 heteroatoms. The predicted molar refractivity (Wildman–Crippen MR) is 109 cm³/mol. The topological polar surface area (TPSA) is 30.7 Å². The van der Waals surface area contributed by atoms with Crippen LogP contribution in [0, 0.1) is 0 Å². The summed E-state index contributed by atoms with van der Waals surface area (Å²) in [5.41, 5.74) is 2.33. The maximum atomic E-state index is 4.53. The number of benzene rings is 3. The van der Waals surface area contributed by atoms with Gasteiger partial charge in [0.2, 0.25) is 0 Å². The van der Waals surface area contributed by atoms with Crippen molar-refractivity contribution in [1.29, 1.82) is 0 Å². The molecule has 0 saturated carbocycles. The Balaban J connectivity index is 1.87. The summed E-state index contributed by atoms with van der Waals surface area (Å²) in [6.45, 7) is 0. The first-order valence-corrected chi connectivity index (χ1v) is 9.39. The van der Waals surface area contributed by atoms with Gasteiger partial charge in [0.25, 0.3) is 0 Å². The van der Waals surface area contributed by atoms with Gasteiger partial charge in [-0.3, -0.25) is 4.57 Å². The highest BCUT2D eigenvalue weighted by Gasteiger charge is 2.16. The maximum absolute atomic E-state index is 4.53. The third-order valence-electron chi connectivity index (χ3n) is 5.01. The zero-order chi connectivity index (χ0) is 17.1. The number of thiophene rings is 1. The highest BCUT2D eigenvalue weighted by Crippen LogP contribution is 2.36. The Morgan fingerprint density at radius 2 is 1.58 bits per heavy atom. The molecule has 0 amide bonds. The van der Waals surface area contributed by atoms with Crippen molar-refractivity contribution in [2.24, 2.45) is 0 Å². The molecule has 0 aliphatic rings. The Bertz CT molecular complexity index is 1440. The minimum absolute atomic E-state index is 0.879. The van der Waals surface area contributed by atoms with Crippen LogP contribution in [-0.4, -0.2) is 14.8 Å². The van der Waals surface area contributed by atoms with Crippen LogP contribution in [0.4, 0.5) is 0 Å². The maximum Gasteiger partial charge on any atom is 0.168 e. The summed E-state index contributed by atoms with van der Waals surface area (Å²) >= 11 is 1.78. The zero-order valence-corrected chi connectivity index (χ0v) is 14.6. The smallest absolute Gasteiger partial charge is 0.168 e. The van der Waals surface area contributed by atoms with E-state index in [1.807, 2.05) is 12.3 Å². The van der Waals surface area contributed by atoms with Gasteiger partial charge in [-0.15, -0.1) is 16.4 Å². The lowest BCUT2D eigenvalue weighted by Crippen LogP contribution is -2.00. The Hall–Kier alpha value is -3.24. The lowest BCUT2D eigenvalue weighted by molar-refractivity contribution is 0.972. The van der Waals surface area contributed by atoms with Gasteiger partial charge in [0.15, 0.2) is 5.82 Å². The second-order valence-corrected chi connectivity index (χ2v) is 7.38. The van der Waals surface area contributed by atoms with Crippen LogP contribution in [0.1, 0.15) is 0 Å². The number of hydrogen-bond acceptors (Lipinski definition) is 3. The van der Waals surface area contributed by atoms with Crippen molar-refractivity contribution in [2.75, 3.05) is 0 Å². The molecule has 3 aromatic carbocycles. The van der Waals surface area contributed by atoms with Gasteiger partial charge in [-0.2, -0.15) is 5.10 Å². The molecule has 122 valence electrons. The van der Waals surface area contributed by atoms with Crippen molar-refractivity contribution in [1.82, 2.24) is 14.8 Å². The molecule has 26 heavy (non-hydrogen) atoms. The van der Waals surface area contributed by atoms with Crippen LogP contribution in [0.2, 0.25) is 0 Å². The quantitative estimate of drug-likeness (QED) is 0.367. The van der Waals surface area contributed by atoms with E-state index >= 15 is 0 Å². The first kappa shape index (κ1) is 14.0. The molecule has 0 fully saturated rings. The number of para-hydroxylation sites is 1. The third kappa shape index (κ3) is 1.82. The monoisotopic (exact) mass is 351 g/mol. The van der Waals surface area contributed by atoms with Crippen molar-refractivity contribution in [2.45, 2.75) is 0 Å². The summed E-state index contributed by atoms with van der Waals surface area (Å²) in [6.07, 6.45) is 1.82. The van der Waals surface area contributed by atoms with Gasteiger partial charge in [0.1, 0.15) is 0 Å². The minimum Gasteiger partial charge on any atom is -0.292 e.